The molecule has 1 N–H and O–H groups in total. The molecule has 7 heteroatoms. The molecular formula is C20H21N5OS. The number of aromatic nitrogens is 4. The first-order chi connectivity index (χ1) is 13.2. The van der Waals surface area contributed by atoms with Crippen LogP contribution in [0.2, 0.25) is 0 Å². The van der Waals surface area contributed by atoms with Gasteiger partial charge in [-0.1, -0.05) is 23.9 Å². The zero-order chi connectivity index (χ0) is 18.6. The highest BCUT2D eigenvalue weighted by Crippen LogP contribution is 2.26. The molecule has 2 heterocycles. The summed E-state index contributed by atoms with van der Waals surface area (Å²) >= 11 is 1.65. The highest BCUT2D eigenvalue weighted by Gasteiger charge is 2.23. The Balaban J connectivity index is 1.42. The van der Waals surface area contributed by atoms with Crippen molar-refractivity contribution in [2.45, 2.75) is 43.3 Å². The van der Waals surface area contributed by atoms with Gasteiger partial charge in [0.15, 0.2) is 11.0 Å². The van der Waals surface area contributed by atoms with Gasteiger partial charge in [0.25, 0.3) is 5.91 Å². The van der Waals surface area contributed by atoms with Crippen molar-refractivity contribution in [1.82, 2.24) is 25.1 Å². The van der Waals surface area contributed by atoms with Crippen molar-refractivity contribution in [3.05, 3.63) is 59.9 Å². The van der Waals surface area contributed by atoms with Crippen LogP contribution in [0.1, 0.15) is 35.7 Å². The van der Waals surface area contributed by atoms with Crippen molar-refractivity contribution in [2.75, 3.05) is 0 Å². The van der Waals surface area contributed by atoms with Crippen molar-refractivity contribution in [3.63, 3.8) is 0 Å². The van der Waals surface area contributed by atoms with E-state index in [-0.39, 0.29) is 5.91 Å². The number of rotatable bonds is 7. The zero-order valence-electron chi connectivity index (χ0n) is 15.1. The highest BCUT2D eigenvalue weighted by molar-refractivity contribution is 7.98. The molecule has 0 radical (unpaired) electrons. The van der Waals surface area contributed by atoms with Gasteiger partial charge in [0.2, 0.25) is 0 Å². The fourth-order valence-electron chi connectivity index (χ4n) is 2.79. The van der Waals surface area contributed by atoms with E-state index >= 15 is 0 Å². The van der Waals surface area contributed by atoms with E-state index in [0.717, 1.165) is 47.2 Å². The first-order valence-electron chi connectivity index (χ1n) is 9.11. The quantitative estimate of drug-likeness (QED) is 0.636. The molecule has 1 aromatic carbocycles. The van der Waals surface area contributed by atoms with E-state index in [4.69, 9.17) is 0 Å². The number of hydrogen-bond donors (Lipinski definition) is 1. The van der Waals surface area contributed by atoms with Crippen LogP contribution in [0.3, 0.4) is 0 Å². The minimum atomic E-state index is 0.0180. The van der Waals surface area contributed by atoms with Gasteiger partial charge in [-0.3, -0.25) is 9.78 Å². The van der Waals surface area contributed by atoms with E-state index in [9.17, 15) is 4.79 Å². The molecule has 2 aromatic heterocycles. The number of nitrogens with one attached hydrogen (secondary N) is 1. The van der Waals surface area contributed by atoms with Gasteiger partial charge in [-0.2, -0.15) is 0 Å². The third-order valence-corrected chi connectivity index (χ3v) is 5.51. The van der Waals surface area contributed by atoms with Crippen LogP contribution < -0.4 is 5.32 Å². The highest BCUT2D eigenvalue weighted by atomic mass is 32.2. The first-order valence-corrected chi connectivity index (χ1v) is 10.1. The van der Waals surface area contributed by atoms with Gasteiger partial charge in [0.1, 0.15) is 0 Å². The predicted octanol–water partition coefficient (Wildman–Crippen LogP) is 3.54. The number of amides is 1. The number of hydrogen-bond acceptors (Lipinski definition) is 5. The van der Waals surface area contributed by atoms with Gasteiger partial charge >= 0.3 is 0 Å². The van der Waals surface area contributed by atoms with E-state index in [2.05, 4.69) is 32.0 Å². The predicted molar refractivity (Wildman–Crippen MR) is 105 cm³/mol. The second kappa shape index (κ2) is 7.92. The summed E-state index contributed by atoms with van der Waals surface area (Å²) in [6.07, 6.45) is 5.72. The SMILES string of the molecule is CCn1c(SCc2ccc(C(=O)NC3CC3)cc2)nnc1-c1ccncc1. The minimum Gasteiger partial charge on any atom is -0.349 e. The van der Waals surface area contributed by atoms with Crippen LogP contribution in [0.25, 0.3) is 11.4 Å². The third-order valence-electron chi connectivity index (χ3n) is 4.47. The maximum Gasteiger partial charge on any atom is 0.251 e. The van der Waals surface area contributed by atoms with Gasteiger partial charge < -0.3 is 9.88 Å². The second-order valence-corrected chi connectivity index (χ2v) is 7.46. The fourth-order valence-corrected chi connectivity index (χ4v) is 3.75. The summed E-state index contributed by atoms with van der Waals surface area (Å²) in [4.78, 5) is 16.1. The summed E-state index contributed by atoms with van der Waals surface area (Å²) in [5, 5.41) is 12.6. The molecule has 6 nitrogen and oxygen atoms in total. The van der Waals surface area contributed by atoms with Crippen LogP contribution in [-0.4, -0.2) is 31.7 Å². The van der Waals surface area contributed by atoms with Gasteiger partial charge in [-0.25, -0.2) is 0 Å². The molecule has 0 bridgehead atoms. The molecular weight excluding hydrogens is 358 g/mol. The smallest absolute Gasteiger partial charge is 0.251 e. The maximum absolute atomic E-state index is 12.1. The number of nitrogens with zero attached hydrogens (tertiary/aromatic N) is 4. The Morgan fingerprint density at radius 3 is 2.56 bits per heavy atom. The summed E-state index contributed by atoms with van der Waals surface area (Å²) < 4.78 is 2.11. The first kappa shape index (κ1) is 17.7. The molecule has 1 fully saturated rings. The van der Waals surface area contributed by atoms with Crippen molar-refractivity contribution >= 4 is 17.7 Å². The Bertz CT molecular complexity index is 919. The zero-order valence-corrected chi connectivity index (χ0v) is 15.9. The summed E-state index contributed by atoms with van der Waals surface area (Å²) in [5.74, 6) is 1.65. The molecule has 1 saturated carbocycles. The van der Waals surface area contributed by atoms with Crippen molar-refractivity contribution in [2.24, 2.45) is 0 Å². The summed E-state index contributed by atoms with van der Waals surface area (Å²) in [6, 6.07) is 12.0. The Labute approximate surface area is 162 Å². The Morgan fingerprint density at radius 2 is 1.89 bits per heavy atom. The van der Waals surface area contributed by atoms with Gasteiger partial charge in [-0.05, 0) is 49.6 Å². The molecule has 138 valence electrons. The lowest BCUT2D eigenvalue weighted by Crippen LogP contribution is -2.25. The Hall–Kier alpha value is -2.67. The van der Waals surface area contributed by atoms with Crippen molar-refractivity contribution in [3.8, 4) is 11.4 Å². The van der Waals surface area contributed by atoms with Crippen LogP contribution in [0.15, 0.2) is 53.9 Å². The maximum atomic E-state index is 12.1. The Kier molecular flexibility index (Phi) is 5.20. The molecule has 0 atom stereocenters. The molecule has 1 amide bonds. The summed E-state index contributed by atoms with van der Waals surface area (Å²) in [7, 11) is 0. The van der Waals surface area contributed by atoms with Gasteiger partial charge in [0.05, 0.1) is 0 Å². The van der Waals surface area contributed by atoms with Crippen LogP contribution in [0.4, 0.5) is 0 Å². The van der Waals surface area contributed by atoms with E-state index in [0.29, 0.717) is 11.6 Å². The van der Waals surface area contributed by atoms with Crippen LogP contribution >= 0.6 is 11.8 Å². The molecule has 0 unspecified atom stereocenters. The lowest BCUT2D eigenvalue weighted by Gasteiger charge is -2.08. The van der Waals surface area contributed by atoms with E-state index in [1.807, 2.05) is 36.4 Å². The van der Waals surface area contributed by atoms with Crippen molar-refractivity contribution in [1.29, 1.82) is 0 Å². The van der Waals surface area contributed by atoms with Crippen LogP contribution in [0, 0.1) is 0 Å². The number of carbonyl (C=O) groups is 1. The second-order valence-electron chi connectivity index (χ2n) is 6.52. The number of carbonyl (C=O) groups excluding carboxylic acids is 1. The molecule has 0 aliphatic heterocycles. The molecule has 4 rings (SSSR count). The molecule has 1 aliphatic rings. The molecule has 0 spiro atoms. The van der Waals surface area contributed by atoms with Gasteiger partial charge in [-0.15, -0.1) is 10.2 Å². The lowest BCUT2D eigenvalue weighted by atomic mass is 10.1. The third kappa shape index (κ3) is 4.19. The van der Waals surface area contributed by atoms with E-state index in [1.165, 1.54) is 0 Å². The van der Waals surface area contributed by atoms with Crippen molar-refractivity contribution < 1.29 is 4.79 Å². The lowest BCUT2D eigenvalue weighted by molar-refractivity contribution is 0.0951. The van der Waals surface area contributed by atoms with Crippen LogP contribution in [-0.2, 0) is 12.3 Å². The molecule has 0 saturated heterocycles. The average molecular weight is 379 g/mol. The van der Waals surface area contributed by atoms with E-state index < -0.39 is 0 Å². The average Bonchev–Trinajstić information content (AvgIpc) is 3.43. The summed E-state index contributed by atoms with van der Waals surface area (Å²) in [5.41, 5.74) is 2.88. The fraction of sp³-hybridized carbons (Fsp3) is 0.300. The minimum absolute atomic E-state index is 0.0180. The monoisotopic (exact) mass is 379 g/mol. The Morgan fingerprint density at radius 1 is 1.15 bits per heavy atom. The van der Waals surface area contributed by atoms with E-state index in [1.54, 1.807) is 24.2 Å². The molecule has 1 aliphatic carbocycles. The van der Waals surface area contributed by atoms with Crippen LogP contribution in [0.5, 0.6) is 0 Å². The molecule has 27 heavy (non-hydrogen) atoms. The standard InChI is InChI=1S/C20H21N5OS/c1-2-25-18(15-9-11-21-12-10-15)23-24-20(25)27-13-14-3-5-16(6-4-14)19(26)22-17-7-8-17/h3-6,9-12,17H,2,7-8,13H2,1H3,(H,22,26). The van der Waals surface area contributed by atoms with Gasteiger partial charge in [0, 0.05) is 41.9 Å². The normalized spacial score (nSPS) is 13.5. The number of benzene rings is 1. The summed E-state index contributed by atoms with van der Waals surface area (Å²) in [6.45, 7) is 2.89. The number of pyridine rings is 1. The topological polar surface area (TPSA) is 72.7 Å². The largest absolute Gasteiger partial charge is 0.349 e. The number of thioether (sulfide) groups is 1. The molecule has 3 aromatic rings.